The summed E-state index contributed by atoms with van der Waals surface area (Å²) in [5.41, 5.74) is -1.37. The van der Waals surface area contributed by atoms with Gasteiger partial charge in [-0.25, -0.2) is 14.0 Å². The minimum atomic E-state index is -4.83. The molecule has 2 aromatic carbocycles. The Hall–Kier alpha value is -3.22. The average molecular weight is 627 g/mol. The van der Waals surface area contributed by atoms with E-state index in [4.69, 9.17) is 4.74 Å². The topological polar surface area (TPSA) is 80.3 Å². The highest BCUT2D eigenvalue weighted by atomic mass is 127. The van der Waals surface area contributed by atoms with Crippen LogP contribution in [0, 0.1) is 5.82 Å². The van der Waals surface area contributed by atoms with E-state index in [9.17, 15) is 27.2 Å². The highest BCUT2D eigenvalue weighted by molar-refractivity contribution is 14.1. The van der Waals surface area contributed by atoms with Crippen LogP contribution in [0.3, 0.4) is 0 Å². The quantitative estimate of drug-likeness (QED) is 0.162. The summed E-state index contributed by atoms with van der Waals surface area (Å²) in [4.78, 5) is 29.6. The van der Waals surface area contributed by atoms with Crippen LogP contribution in [0.2, 0.25) is 0 Å². The van der Waals surface area contributed by atoms with Gasteiger partial charge in [0.2, 0.25) is 0 Å². The molecule has 1 aromatic heterocycles. The molecule has 194 valence electrons. The molecule has 1 fully saturated rings. The van der Waals surface area contributed by atoms with E-state index in [2.05, 4.69) is 38.2 Å². The number of rotatable bonds is 7. The number of benzene rings is 2. The number of urea groups is 1. The van der Waals surface area contributed by atoms with Crippen LogP contribution >= 0.6 is 22.6 Å². The zero-order valence-electron chi connectivity index (χ0n) is 19.3. The van der Waals surface area contributed by atoms with Crippen LogP contribution in [0.15, 0.2) is 66.9 Å². The first kappa shape index (κ1) is 26.8. The number of esters is 1. The maximum absolute atomic E-state index is 14.7. The predicted octanol–water partition coefficient (Wildman–Crippen LogP) is 5.28. The second kappa shape index (κ2) is 11.0. The number of hydrogen-bond donors (Lipinski definition) is 2. The number of carbonyl (C=O) groups is 2. The molecule has 0 spiro atoms. The van der Waals surface area contributed by atoms with Crippen molar-refractivity contribution in [2.24, 2.45) is 0 Å². The van der Waals surface area contributed by atoms with Crippen molar-refractivity contribution in [2.75, 3.05) is 6.61 Å². The average Bonchev–Trinajstić information content (AvgIpc) is 3.27. The number of aromatic nitrogens is 1. The van der Waals surface area contributed by atoms with Crippen LogP contribution in [0.1, 0.15) is 34.4 Å². The van der Waals surface area contributed by atoms with E-state index in [0.717, 1.165) is 17.7 Å². The van der Waals surface area contributed by atoms with Crippen molar-refractivity contribution < 1.29 is 31.9 Å². The van der Waals surface area contributed by atoms with Crippen LogP contribution in [-0.2, 0) is 32.1 Å². The maximum Gasteiger partial charge on any atom is 0.416 e. The van der Waals surface area contributed by atoms with Crippen LogP contribution < -0.4 is 10.6 Å². The summed E-state index contributed by atoms with van der Waals surface area (Å²) < 4.78 is 61.3. The summed E-state index contributed by atoms with van der Waals surface area (Å²) in [6.45, 7) is 0.136. The molecule has 0 unspecified atom stereocenters. The van der Waals surface area contributed by atoms with Crippen LogP contribution in [0.4, 0.5) is 22.4 Å². The van der Waals surface area contributed by atoms with E-state index in [1.54, 1.807) is 48.7 Å². The lowest BCUT2D eigenvalue weighted by Crippen LogP contribution is -2.55. The molecule has 0 radical (unpaired) electrons. The molecule has 6 nitrogen and oxygen atoms in total. The van der Waals surface area contributed by atoms with Gasteiger partial charge in [-0.15, -0.1) is 0 Å². The van der Waals surface area contributed by atoms with Gasteiger partial charge in [-0.1, -0.05) is 59.0 Å². The molecule has 2 heterocycles. The molecule has 1 aliphatic rings. The Morgan fingerprint density at radius 2 is 1.78 bits per heavy atom. The van der Waals surface area contributed by atoms with Crippen molar-refractivity contribution in [2.45, 2.75) is 35.0 Å². The Bertz CT molecular complexity index is 1270. The smallest absolute Gasteiger partial charge is 0.416 e. The molecule has 4 rings (SSSR count). The van der Waals surface area contributed by atoms with Gasteiger partial charge in [-0.2, -0.15) is 13.2 Å². The molecule has 1 aliphatic heterocycles. The number of nitrogens with one attached hydrogen (secondary N) is 2. The summed E-state index contributed by atoms with van der Waals surface area (Å²) >= 11 is 2.14. The molecule has 0 bridgehead atoms. The summed E-state index contributed by atoms with van der Waals surface area (Å²) in [6.07, 6.45) is -3.07. The van der Waals surface area contributed by atoms with E-state index < -0.39 is 41.1 Å². The van der Waals surface area contributed by atoms with Crippen molar-refractivity contribution in [3.8, 4) is 0 Å². The zero-order chi connectivity index (χ0) is 26.6. The molecular weight excluding hydrogens is 605 g/mol. The number of ether oxygens (including phenoxy) is 1. The summed E-state index contributed by atoms with van der Waals surface area (Å²) in [5.74, 6) is -1.73. The highest BCUT2D eigenvalue weighted by Gasteiger charge is 2.41. The number of pyridine rings is 1. The predicted molar refractivity (Wildman–Crippen MR) is 135 cm³/mol. The largest absolute Gasteiger partial charge is 0.464 e. The fraction of sp³-hybridized carbons (Fsp3) is 0.269. The van der Waals surface area contributed by atoms with Gasteiger partial charge >= 0.3 is 18.2 Å². The van der Waals surface area contributed by atoms with Crippen LogP contribution in [0.5, 0.6) is 0 Å². The first-order chi connectivity index (χ1) is 17.6. The third-order valence-electron chi connectivity index (χ3n) is 6.01. The van der Waals surface area contributed by atoms with E-state index >= 15 is 0 Å². The first-order valence-electron chi connectivity index (χ1n) is 11.3. The number of amides is 2. The fourth-order valence-electron chi connectivity index (χ4n) is 4.19. The Labute approximate surface area is 224 Å². The third-order valence-corrected chi connectivity index (χ3v) is 6.89. The van der Waals surface area contributed by atoms with Crippen LogP contribution in [0.25, 0.3) is 0 Å². The monoisotopic (exact) mass is 627 g/mol. The van der Waals surface area contributed by atoms with E-state index in [0.29, 0.717) is 16.1 Å². The van der Waals surface area contributed by atoms with Gasteiger partial charge in [0.25, 0.3) is 0 Å². The minimum absolute atomic E-state index is 0.0479. The highest BCUT2D eigenvalue weighted by Crippen LogP contribution is 2.37. The molecule has 2 amide bonds. The molecule has 0 aliphatic carbocycles. The summed E-state index contributed by atoms with van der Waals surface area (Å²) in [5, 5.41) is 5.27. The van der Waals surface area contributed by atoms with Gasteiger partial charge < -0.3 is 15.4 Å². The molecular formula is C26H22F4IN3O3. The molecule has 2 N–H and O–H groups in total. The van der Waals surface area contributed by atoms with Crippen molar-refractivity contribution in [1.29, 1.82) is 0 Å². The number of hydrogen-bond acceptors (Lipinski definition) is 4. The fourth-order valence-corrected chi connectivity index (χ4v) is 4.64. The molecule has 2 atom stereocenters. The normalized spacial score (nSPS) is 17.1. The number of carbonyl (C=O) groups excluding carboxylic acids is 2. The maximum atomic E-state index is 14.7. The third kappa shape index (κ3) is 6.20. The number of nitrogens with zero attached hydrogens (tertiary/aromatic N) is 1. The Morgan fingerprint density at radius 3 is 2.38 bits per heavy atom. The molecule has 3 aromatic rings. The lowest BCUT2D eigenvalue weighted by atomic mass is 9.79. The standard InChI is InChI=1S/C26H22F4IN3O3/c27-20-11-18(10-19(12-20)26(28,29)30)25(13-16-4-2-1-3-5-16,22-7-6-17(14-31)15-32-22)34-24(36)33-21-8-9-37-23(21)35/h1-7,10-12,15,21H,8-9,13-14H2,(H2,33,34,36)/t21-,25-/m0/s1. The van der Waals surface area contributed by atoms with Crippen molar-refractivity contribution >= 4 is 34.6 Å². The summed E-state index contributed by atoms with van der Waals surface area (Å²) in [7, 11) is 0. The van der Waals surface area contributed by atoms with E-state index in [-0.39, 0.29) is 30.7 Å². The lowest BCUT2D eigenvalue weighted by molar-refractivity contribution is -0.139. The van der Waals surface area contributed by atoms with Gasteiger partial charge in [0.15, 0.2) is 0 Å². The Kier molecular flexibility index (Phi) is 8.00. The van der Waals surface area contributed by atoms with Crippen LogP contribution in [-0.4, -0.2) is 29.6 Å². The molecule has 37 heavy (non-hydrogen) atoms. The van der Waals surface area contributed by atoms with Gasteiger partial charge in [-0.3, -0.25) is 4.98 Å². The Morgan fingerprint density at radius 1 is 1.05 bits per heavy atom. The second-order valence-electron chi connectivity index (χ2n) is 8.59. The number of cyclic esters (lactones) is 1. The van der Waals surface area contributed by atoms with Crippen molar-refractivity contribution in [1.82, 2.24) is 15.6 Å². The Balaban J connectivity index is 1.89. The molecule has 1 saturated heterocycles. The second-order valence-corrected chi connectivity index (χ2v) is 9.35. The van der Waals surface area contributed by atoms with E-state index in [1.807, 2.05) is 0 Å². The van der Waals surface area contributed by atoms with Gasteiger partial charge in [-0.05, 0) is 41.0 Å². The SMILES string of the molecule is O=C(N[C@H]1CCOC1=O)N[C@@](Cc1ccccc1)(c1cc(F)cc(C(F)(F)F)c1)c1ccc(CI)cn1. The number of alkyl halides is 4. The van der Waals surface area contributed by atoms with Crippen molar-refractivity contribution in [3.63, 3.8) is 0 Å². The molecule has 0 saturated carbocycles. The zero-order valence-corrected chi connectivity index (χ0v) is 21.5. The van der Waals surface area contributed by atoms with Crippen molar-refractivity contribution in [3.05, 3.63) is 101 Å². The molecule has 11 heteroatoms. The minimum Gasteiger partial charge on any atom is -0.464 e. The van der Waals surface area contributed by atoms with E-state index in [1.165, 1.54) is 0 Å². The van der Waals surface area contributed by atoms with Gasteiger partial charge in [0.05, 0.1) is 17.9 Å². The summed E-state index contributed by atoms with van der Waals surface area (Å²) in [6, 6.07) is 12.5. The number of halogens is 5. The van der Waals surface area contributed by atoms with Gasteiger partial charge in [0.1, 0.15) is 17.4 Å². The lowest BCUT2D eigenvalue weighted by Gasteiger charge is -2.36. The van der Waals surface area contributed by atoms with Gasteiger partial charge in [0, 0.05) is 23.5 Å². The first-order valence-corrected chi connectivity index (χ1v) is 12.8.